The molecule has 30 heavy (non-hydrogen) atoms. The first-order valence-corrected chi connectivity index (χ1v) is 19.0. The molecule has 0 fully saturated rings. The molecule has 0 bridgehead atoms. The Bertz CT molecular complexity index is 358. The highest BCUT2D eigenvalue weighted by Gasteiger charge is 1.95. The van der Waals surface area contributed by atoms with Crippen LogP contribution in [0.15, 0.2) is 0 Å². The summed E-state index contributed by atoms with van der Waals surface area (Å²) in [6.45, 7) is 20.6. The van der Waals surface area contributed by atoms with Crippen molar-refractivity contribution in [1.82, 2.24) is 0 Å². The molecule has 4 N–H and O–H groups in total. The van der Waals surface area contributed by atoms with E-state index in [1.807, 2.05) is 0 Å². The van der Waals surface area contributed by atoms with Crippen molar-refractivity contribution in [1.29, 1.82) is 0 Å². The zero-order valence-corrected chi connectivity index (χ0v) is 25.1. The van der Waals surface area contributed by atoms with Crippen LogP contribution in [0.4, 0.5) is 0 Å². The Morgan fingerprint density at radius 2 is 0.600 bits per heavy atom. The first-order valence-electron chi connectivity index (χ1n) is 10.6. The maximum atomic E-state index is 8.74. The lowest BCUT2D eigenvalue weighted by molar-refractivity contribution is 0.380. The highest BCUT2D eigenvalue weighted by Crippen LogP contribution is 2.33. The van der Waals surface area contributed by atoms with Crippen LogP contribution >= 0.6 is 32.0 Å². The lowest BCUT2D eigenvalue weighted by Crippen LogP contribution is -1.89. The molecule has 0 amide bonds. The van der Waals surface area contributed by atoms with E-state index in [4.69, 9.17) is 31.9 Å². The molecule has 12 heteroatoms. The first-order chi connectivity index (χ1) is 13.8. The smallest absolute Gasteiger partial charge is 0.326 e. The minimum Gasteiger partial charge on any atom is -0.326 e. The monoisotopic (exact) mass is 534 g/mol. The second-order valence-corrected chi connectivity index (χ2v) is 16.8. The van der Waals surface area contributed by atoms with Crippen molar-refractivity contribution in [3.63, 3.8) is 0 Å². The Labute approximate surface area is 192 Å². The van der Waals surface area contributed by atoms with E-state index in [1.54, 1.807) is 0 Å². The van der Waals surface area contributed by atoms with Crippen LogP contribution in [0.1, 0.15) is 62.3 Å². The van der Waals surface area contributed by atoms with Gasteiger partial charge < -0.3 is 9.79 Å². The molecule has 0 saturated heterocycles. The van der Waals surface area contributed by atoms with E-state index >= 15 is 0 Å². The van der Waals surface area contributed by atoms with Crippen LogP contribution < -0.4 is 0 Å². The van der Waals surface area contributed by atoms with Crippen molar-refractivity contribution >= 4 is 42.4 Å². The van der Waals surface area contributed by atoms with Crippen LogP contribution in [0.2, 0.25) is 0 Å². The SMILES string of the molecule is CCP(CC)CC.CCP(CC)CC.CCP(CC)CC.O=S(=O)(O)O.O=[PH](O)O. The minimum absolute atomic E-state index is 0.446. The predicted octanol–water partition coefficient (Wildman–Crippen LogP) is 6.29. The van der Waals surface area contributed by atoms with Gasteiger partial charge >= 0.3 is 18.7 Å². The largest absolute Gasteiger partial charge is 0.394 e. The quantitative estimate of drug-likeness (QED) is 0.202. The van der Waals surface area contributed by atoms with E-state index in [0.717, 1.165) is 0 Å². The fraction of sp³-hybridized carbons (Fsp3) is 1.00. The molecular formula is C18H50O7P4S. The zero-order valence-electron chi connectivity index (χ0n) is 20.6. The minimum atomic E-state index is -4.67. The second kappa shape index (κ2) is 32.5. The van der Waals surface area contributed by atoms with Crippen molar-refractivity contribution in [2.45, 2.75) is 62.3 Å². The van der Waals surface area contributed by atoms with Crippen LogP contribution in [0.25, 0.3) is 0 Å². The van der Waals surface area contributed by atoms with Gasteiger partial charge in [0.2, 0.25) is 0 Å². The van der Waals surface area contributed by atoms with E-state index in [-0.39, 0.29) is 0 Å². The number of hydrogen-bond acceptors (Lipinski definition) is 3. The summed E-state index contributed by atoms with van der Waals surface area (Å²) in [5.41, 5.74) is 0. The Kier molecular flexibility index (Phi) is 45.0. The summed E-state index contributed by atoms with van der Waals surface area (Å²) in [4.78, 5) is 14.3. The van der Waals surface area contributed by atoms with Crippen LogP contribution in [0.3, 0.4) is 0 Å². The van der Waals surface area contributed by atoms with Gasteiger partial charge in [0.05, 0.1) is 0 Å². The molecule has 0 spiro atoms. The Morgan fingerprint density at radius 3 is 0.600 bits per heavy atom. The summed E-state index contributed by atoms with van der Waals surface area (Å²) in [5, 5.41) is 0. The standard InChI is InChI=1S/3C6H15P.H2O4S.H3O3P/c3*1-4-7(5-2)6-3;1-5(2,3)4;1-4(2)3/h3*4-6H2,1-3H3;(H2,1,2,3,4);4H,(H2,1,2,3). The Balaban J connectivity index is -0.0000000882. The summed E-state index contributed by atoms with van der Waals surface area (Å²) in [5.74, 6) is 0. The number of hydrogen-bond donors (Lipinski definition) is 4. The third-order valence-corrected chi connectivity index (χ3v) is 12.1. The summed E-state index contributed by atoms with van der Waals surface area (Å²) >= 11 is 0. The molecule has 0 aliphatic carbocycles. The lowest BCUT2D eigenvalue weighted by Gasteiger charge is -2.07. The fourth-order valence-corrected chi connectivity index (χ4v) is 6.04. The Morgan fingerprint density at radius 1 is 0.533 bits per heavy atom. The predicted molar refractivity (Wildman–Crippen MR) is 143 cm³/mol. The first kappa shape index (κ1) is 41.6. The molecule has 0 unspecified atom stereocenters. The second-order valence-electron chi connectivity index (χ2n) is 5.59. The molecule has 0 aliphatic rings. The van der Waals surface area contributed by atoms with Crippen molar-refractivity contribution < 1.29 is 31.9 Å². The van der Waals surface area contributed by atoms with Gasteiger partial charge in [-0.3, -0.25) is 13.7 Å². The molecule has 0 aromatic rings. The van der Waals surface area contributed by atoms with Crippen LogP contribution in [0, 0.1) is 0 Å². The van der Waals surface area contributed by atoms with Gasteiger partial charge in [0.25, 0.3) is 0 Å². The van der Waals surface area contributed by atoms with Crippen molar-refractivity contribution in [3.8, 4) is 0 Å². The summed E-state index contributed by atoms with van der Waals surface area (Å²) in [6, 6.07) is 0. The summed E-state index contributed by atoms with van der Waals surface area (Å²) in [7, 11) is -6.46. The van der Waals surface area contributed by atoms with Gasteiger partial charge in [0.15, 0.2) is 0 Å². The van der Waals surface area contributed by atoms with Gasteiger partial charge in [-0.2, -0.15) is 8.42 Å². The van der Waals surface area contributed by atoms with Crippen LogP contribution in [0.5, 0.6) is 0 Å². The van der Waals surface area contributed by atoms with Crippen molar-refractivity contribution in [2.75, 3.05) is 55.5 Å². The number of rotatable bonds is 9. The van der Waals surface area contributed by atoms with E-state index in [0.29, 0.717) is 23.8 Å². The third kappa shape index (κ3) is 63.0. The molecule has 0 aliphatic heterocycles. The van der Waals surface area contributed by atoms with Gasteiger partial charge in [-0.05, 0) is 55.5 Å². The fourth-order valence-electron chi connectivity index (χ4n) is 2.01. The van der Waals surface area contributed by atoms with Crippen molar-refractivity contribution in [2.24, 2.45) is 0 Å². The van der Waals surface area contributed by atoms with E-state index in [2.05, 4.69) is 62.3 Å². The zero-order chi connectivity index (χ0) is 25.2. The van der Waals surface area contributed by atoms with Gasteiger partial charge in [0, 0.05) is 0 Å². The lowest BCUT2D eigenvalue weighted by atomic mass is 10.9. The average Bonchev–Trinajstić information content (AvgIpc) is 2.65. The van der Waals surface area contributed by atoms with Crippen LogP contribution in [-0.4, -0.2) is 82.8 Å². The average molecular weight is 535 g/mol. The van der Waals surface area contributed by atoms with Gasteiger partial charge in [-0.25, -0.2) is 0 Å². The summed E-state index contributed by atoms with van der Waals surface area (Å²) < 4.78 is 40.3. The normalized spacial score (nSPS) is 10.3. The van der Waals surface area contributed by atoms with Gasteiger partial charge in [-0.1, -0.05) is 62.3 Å². The van der Waals surface area contributed by atoms with E-state index in [1.165, 1.54) is 55.5 Å². The molecule has 0 rings (SSSR count). The van der Waals surface area contributed by atoms with Crippen molar-refractivity contribution in [3.05, 3.63) is 0 Å². The van der Waals surface area contributed by atoms with E-state index in [9.17, 15) is 0 Å². The molecule has 7 nitrogen and oxygen atoms in total. The van der Waals surface area contributed by atoms with Gasteiger partial charge in [0.1, 0.15) is 0 Å². The van der Waals surface area contributed by atoms with Crippen LogP contribution in [-0.2, 0) is 15.0 Å². The molecule has 0 atom stereocenters. The molecule has 0 saturated carbocycles. The molecule has 0 radical (unpaired) electrons. The maximum absolute atomic E-state index is 8.74. The molecule has 190 valence electrons. The van der Waals surface area contributed by atoms with Gasteiger partial charge in [-0.15, -0.1) is 23.8 Å². The highest BCUT2D eigenvalue weighted by atomic mass is 32.3. The third-order valence-electron chi connectivity index (χ3n) is 4.02. The highest BCUT2D eigenvalue weighted by molar-refractivity contribution is 7.79. The Hall–Kier alpha value is 1.31. The molecule has 0 aromatic heterocycles. The summed E-state index contributed by atoms with van der Waals surface area (Å²) in [6.07, 6.45) is 12.8. The molecule has 0 aromatic carbocycles. The molecule has 0 heterocycles. The van der Waals surface area contributed by atoms with E-state index < -0.39 is 18.7 Å². The maximum Gasteiger partial charge on any atom is 0.394 e. The topological polar surface area (TPSA) is 132 Å². The molecular weight excluding hydrogens is 484 g/mol.